The van der Waals surface area contributed by atoms with Crippen LogP contribution in [-0.4, -0.2) is 39.7 Å². The first-order valence-corrected chi connectivity index (χ1v) is 16.1. The molecule has 226 valence electrons. The highest BCUT2D eigenvalue weighted by molar-refractivity contribution is 7.47. The van der Waals surface area contributed by atoms with Crippen molar-refractivity contribution in [3.05, 3.63) is 22.7 Å². The predicted octanol–water partition coefficient (Wildman–Crippen LogP) is 7.14. The van der Waals surface area contributed by atoms with Crippen molar-refractivity contribution < 1.29 is 32.0 Å². The maximum absolute atomic E-state index is 14.4. The van der Waals surface area contributed by atoms with Gasteiger partial charge in [0.2, 0.25) is 6.23 Å². The molecule has 0 amide bonds. The highest BCUT2D eigenvalue weighted by Crippen LogP contribution is 2.47. The van der Waals surface area contributed by atoms with Crippen LogP contribution < -0.4 is 11.4 Å². The van der Waals surface area contributed by atoms with E-state index in [1.54, 1.807) is 0 Å². The molecule has 1 aromatic rings. The maximum atomic E-state index is 14.4. The van der Waals surface area contributed by atoms with E-state index in [-0.39, 0.29) is 12.4 Å². The van der Waals surface area contributed by atoms with Gasteiger partial charge in [0.25, 0.3) is 5.92 Å². The molecule has 1 fully saturated rings. The molecule has 2 rings (SSSR count). The van der Waals surface area contributed by atoms with E-state index in [4.69, 9.17) is 19.5 Å². The number of ether oxygens (including phenoxy) is 1. The number of hydrogen-bond acceptors (Lipinski definition) is 7. The molecule has 1 saturated heterocycles. The molecule has 1 aliphatic heterocycles. The molecular weight excluding hydrogens is 531 g/mol. The van der Waals surface area contributed by atoms with E-state index in [1.165, 1.54) is 83.1 Å². The van der Waals surface area contributed by atoms with Crippen LogP contribution in [0.1, 0.15) is 122 Å². The maximum Gasteiger partial charge on any atom is 0.472 e. The van der Waals surface area contributed by atoms with Crippen molar-refractivity contribution in [3.8, 4) is 0 Å². The average Bonchev–Trinajstić information content (AvgIpc) is 3.18. The van der Waals surface area contributed by atoms with Gasteiger partial charge in [-0.1, -0.05) is 103 Å². The Labute approximate surface area is 231 Å². The summed E-state index contributed by atoms with van der Waals surface area (Å²) in [6, 6.07) is 1.21. The van der Waals surface area contributed by atoms with Crippen LogP contribution in [-0.2, 0) is 18.3 Å². The molecule has 3 N–H and O–H groups in total. The van der Waals surface area contributed by atoms with Crippen molar-refractivity contribution in [2.75, 3.05) is 18.9 Å². The number of rotatable bonds is 22. The molecule has 1 aromatic heterocycles. The second kappa shape index (κ2) is 18.1. The van der Waals surface area contributed by atoms with E-state index in [0.717, 1.165) is 25.5 Å². The van der Waals surface area contributed by atoms with E-state index in [9.17, 15) is 23.0 Å². The Hall–Kier alpha value is -1.39. The molecule has 0 bridgehead atoms. The fourth-order valence-electron chi connectivity index (χ4n) is 4.75. The molecule has 2 heterocycles. The zero-order valence-corrected chi connectivity index (χ0v) is 24.3. The molecule has 0 spiro atoms. The topological polar surface area (TPSA) is 126 Å². The number of phosphoric acid groups is 1. The Bertz CT molecular complexity index is 920. The summed E-state index contributed by atoms with van der Waals surface area (Å²) in [5.74, 6) is -3.50. The minimum absolute atomic E-state index is 0.0447. The predicted molar refractivity (Wildman–Crippen MR) is 148 cm³/mol. The van der Waals surface area contributed by atoms with Gasteiger partial charge < -0.3 is 15.4 Å². The molecule has 12 heteroatoms. The number of halogens is 2. The SMILES string of the molecule is CCCCCCCCCCCCCCCCCCOP(=O)(O)OC[C@@H]1CC(F)(F)[C@H](n2ccc(N)nc2=O)O1. The van der Waals surface area contributed by atoms with Crippen LogP contribution in [0.15, 0.2) is 17.1 Å². The quantitative estimate of drug-likeness (QED) is 0.110. The number of alkyl halides is 2. The second-order valence-electron chi connectivity index (χ2n) is 10.5. The number of nitrogen functional groups attached to an aromatic ring is 1. The summed E-state index contributed by atoms with van der Waals surface area (Å²) >= 11 is 0. The van der Waals surface area contributed by atoms with Gasteiger partial charge in [-0.15, -0.1) is 0 Å². The molecule has 9 nitrogen and oxygen atoms in total. The van der Waals surface area contributed by atoms with E-state index in [2.05, 4.69) is 11.9 Å². The van der Waals surface area contributed by atoms with E-state index >= 15 is 0 Å². The van der Waals surface area contributed by atoms with E-state index < -0.39 is 44.8 Å². The lowest BCUT2D eigenvalue weighted by Crippen LogP contribution is -2.35. The number of phosphoric ester groups is 1. The average molecular weight is 580 g/mol. The summed E-state index contributed by atoms with van der Waals surface area (Å²) in [6.45, 7) is 1.72. The fraction of sp³-hybridized carbons (Fsp3) is 0.852. The summed E-state index contributed by atoms with van der Waals surface area (Å²) < 4.78 is 56.7. The zero-order chi connectivity index (χ0) is 28.6. The lowest BCUT2D eigenvalue weighted by molar-refractivity contribution is -0.120. The van der Waals surface area contributed by atoms with Crippen molar-refractivity contribution in [1.29, 1.82) is 0 Å². The summed E-state index contributed by atoms with van der Waals surface area (Å²) in [7, 11) is -4.41. The van der Waals surface area contributed by atoms with Crippen LogP contribution in [0.3, 0.4) is 0 Å². The lowest BCUT2D eigenvalue weighted by Gasteiger charge is -2.19. The highest BCUT2D eigenvalue weighted by Gasteiger charge is 2.52. The van der Waals surface area contributed by atoms with Gasteiger partial charge >= 0.3 is 13.5 Å². The molecular formula is C27H48F2N3O6P. The Morgan fingerprint density at radius 1 is 1.00 bits per heavy atom. The first-order valence-electron chi connectivity index (χ1n) is 14.6. The molecule has 1 aliphatic rings. The Morgan fingerprint density at radius 3 is 2.03 bits per heavy atom. The first kappa shape index (κ1) is 33.8. The van der Waals surface area contributed by atoms with Gasteiger partial charge in [-0.05, 0) is 12.5 Å². The minimum Gasteiger partial charge on any atom is -0.383 e. The van der Waals surface area contributed by atoms with Crippen LogP contribution in [0.4, 0.5) is 14.6 Å². The zero-order valence-electron chi connectivity index (χ0n) is 23.4. The summed E-state index contributed by atoms with van der Waals surface area (Å²) in [5.41, 5.74) is 4.42. The normalized spacial score (nSPS) is 20.3. The van der Waals surface area contributed by atoms with Crippen LogP contribution in [0.2, 0.25) is 0 Å². The minimum atomic E-state index is -4.41. The molecule has 39 heavy (non-hydrogen) atoms. The Morgan fingerprint density at radius 2 is 1.51 bits per heavy atom. The van der Waals surface area contributed by atoms with Crippen molar-refractivity contribution in [2.24, 2.45) is 0 Å². The molecule has 0 aromatic carbocycles. The Balaban J connectivity index is 1.48. The highest BCUT2D eigenvalue weighted by atomic mass is 31.2. The second-order valence-corrected chi connectivity index (χ2v) is 12.0. The van der Waals surface area contributed by atoms with Gasteiger partial charge in [0.15, 0.2) is 0 Å². The number of anilines is 1. The molecule has 0 aliphatic carbocycles. The third-order valence-electron chi connectivity index (χ3n) is 6.96. The number of nitrogens with two attached hydrogens (primary N) is 1. The number of unbranched alkanes of at least 4 members (excludes halogenated alkanes) is 15. The van der Waals surface area contributed by atoms with Crippen molar-refractivity contribution in [2.45, 2.75) is 134 Å². The summed E-state index contributed by atoms with van der Waals surface area (Å²) in [5, 5.41) is 0. The number of hydrogen-bond donors (Lipinski definition) is 2. The number of aromatic nitrogens is 2. The Kier molecular flexibility index (Phi) is 15.7. The van der Waals surface area contributed by atoms with Crippen molar-refractivity contribution >= 4 is 13.6 Å². The summed E-state index contributed by atoms with van der Waals surface area (Å²) in [6.07, 6.45) is 16.8. The van der Waals surface area contributed by atoms with Crippen LogP contribution in [0, 0.1) is 0 Å². The van der Waals surface area contributed by atoms with E-state index in [1.807, 2.05) is 0 Å². The largest absolute Gasteiger partial charge is 0.472 e. The smallest absolute Gasteiger partial charge is 0.383 e. The fourth-order valence-corrected chi connectivity index (χ4v) is 5.54. The molecule has 0 radical (unpaired) electrons. The monoisotopic (exact) mass is 579 g/mol. The third-order valence-corrected chi connectivity index (χ3v) is 7.95. The van der Waals surface area contributed by atoms with Crippen LogP contribution in [0.25, 0.3) is 0 Å². The first-order chi connectivity index (χ1) is 18.6. The van der Waals surface area contributed by atoms with Gasteiger partial charge in [0.05, 0.1) is 19.3 Å². The van der Waals surface area contributed by atoms with Crippen molar-refractivity contribution in [3.63, 3.8) is 0 Å². The van der Waals surface area contributed by atoms with Crippen molar-refractivity contribution in [1.82, 2.24) is 9.55 Å². The van der Waals surface area contributed by atoms with Gasteiger partial charge in [-0.25, -0.2) is 18.1 Å². The van der Waals surface area contributed by atoms with Gasteiger partial charge in [-0.3, -0.25) is 13.6 Å². The van der Waals surface area contributed by atoms with Gasteiger partial charge in [-0.2, -0.15) is 4.98 Å². The molecule has 0 saturated carbocycles. The third kappa shape index (κ3) is 13.7. The van der Waals surface area contributed by atoms with E-state index in [0.29, 0.717) is 11.0 Å². The van der Waals surface area contributed by atoms with Gasteiger partial charge in [0, 0.05) is 12.6 Å². The standard InChI is InChI=1S/C27H48F2N3O6P/c1-2-3-4-5-6-7-8-9-10-11-12-13-14-15-16-17-20-36-39(34,35)37-22-23-21-27(28,29)25(38-23)32-19-18-24(30)31-26(32)33/h18-19,23,25H,2-17,20-22H2,1H3,(H,34,35)(H2,30,31,33)/t23-,25+/m0/s1. The van der Waals surface area contributed by atoms with Gasteiger partial charge in [0.1, 0.15) is 5.82 Å². The van der Waals surface area contributed by atoms with Crippen LogP contribution in [0.5, 0.6) is 0 Å². The molecule has 3 atom stereocenters. The number of nitrogens with zero attached hydrogens (tertiary/aromatic N) is 2. The molecule has 1 unspecified atom stereocenters. The lowest BCUT2D eigenvalue weighted by atomic mass is 10.0. The van der Waals surface area contributed by atoms with Crippen LogP contribution >= 0.6 is 7.82 Å². The summed E-state index contributed by atoms with van der Waals surface area (Å²) in [4.78, 5) is 25.2.